The van der Waals surface area contributed by atoms with E-state index < -0.39 is 6.03 Å². The zero-order valence-electron chi connectivity index (χ0n) is 10.2. The van der Waals surface area contributed by atoms with Crippen LogP contribution in [0.25, 0.3) is 0 Å². The molecule has 0 spiro atoms. The Morgan fingerprint density at radius 3 is 1.90 bits per heavy atom. The molecule has 0 radical (unpaired) electrons. The van der Waals surface area contributed by atoms with Crippen LogP contribution < -0.4 is 10.6 Å². The van der Waals surface area contributed by atoms with E-state index in [4.69, 9.17) is 58.0 Å². The topological polar surface area (TPSA) is 41.1 Å². The van der Waals surface area contributed by atoms with Crippen LogP contribution in [0.1, 0.15) is 0 Å². The van der Waals surface area contributed by atoms with Crippen LogP contribution in [0.2, 0.25) is 25.1 Å². The van der Waals surface area contributed by atoms with Crippen molar-refractivity contribution in [3.8, 4) is 0 Å². The van der Waals surface area contributed by atoms with E-state index in [0.717, 1.165) is 0 Å². The highest BCUT2D eigenvalue weighted by atomic mass is 35.5. The maximum absolute atomic E-state index is 11.9. The molecule has 0 aliphatic rings. The van der Waals surface area contributed by atoms with Gasteiger partial charge in [-0.1, -0.05) is 58.0 Å². The zero-order chi connectivity index (χ0) is 15.6. The van der Waals surface area contributed by atoms with Crippen molar-refractivity contribution in [2.45, 2.75) is 0 Å². The Labute approximate surface area is 146 Å². The normalized spacial score (nSPS) is 10.3. The average molecular weight is 384 g/mol. The van der Waals surface area contributed by atoms with Gasteiger partial charge in [0.15, 0.2) is 0 Å². The lowest BCUT2D eigenvalue weighted by molar-refractivity contribution is 0.262. The molecular weight excluding hydrogens is 377 g/mol. The Morgan fingerprint density at radius 2 is 1.33 bits per heavy atom. The molecule has 0 aliphatic heterocycles. The molecule has 2 rings (SSSR count). The predicted molar refractivity (Wildman–Crippen MR) is 90.6 cm³/mol. The van der Waals surface area contributed by atoms with E-state index in [9.17, 15) is 4.79 Å². The first-order valence-corrected chi connectivity index (χ1v) is 7.43. The molecule has 0 bridgehead atoms. The number of hydrogen-bond acceptors (Lipinski definition) is 1. The van der Waals surface area contributed by atoms with Crippen molar-refractivity contribution >= 4 is 75.4 Å². The van der Waals surface area contributed by atoms with E-state index in [2.05, 4.69) is 10.6 Å². The van der Waals surface area contributed by atoms with E-state index >= 15 is 0 Å². The highest BCUT2D eigenvalue weighted by Gasteiger charge is 2.12. The first-order chi connectivity index (χ1) is 9.86. The number of rotatable bonds is 2. The highest BCUT2D eigenvalue weighted by molar-refractivity contribution is 6.42. The Bertz CT molecular complexity index is 682. The third-order valence-electron chi connectivity index (χ3n) is 2.42. The van der Waals surface area contributed by atoms with Crippen molar-refractivity contribution in [1.29, 1.82) is 0 Å². The first kappa shape index (κ1) is 16.5. The fraction of sp³-hybridized carbons (Fsp3) is 0. The minimum atomic E-state index is -0.551. The van der Waals surface area contributed by atoms with Crippen molar-refractivity contribution in [3.05, 3.63) is 55.4 Å². The van der Waals surface area contributed by atoms with Crippen molar-refractivity contribution < 1.29 is 4.79 Å². The van der Waals surface area contributed by atoms with Crippen LogP contribution in [0.4, 0.5) is 16.2 Å². The molecule has 3 nitrogen and oxygen atoms in total. The largest absolute Gasteiger partial charge is 0.323 e. The molecule has 0 aromatic heterocycles. The summed E-state index contributed by atoms with van der Waals surface area (Å²) < 4.78 is 0. The molecule has 2 amide bonds. The summed E-state index contributed by atoms with van der Waals surface area (Å²) in [4.78, 5) is 11.9. The van der Waals surface area contributed by atoms with Gasteiger partial charge in [0.05, 0.1) is 26.4 Å². The second kappa shape index (κ2) is 6.95. The van der Waals surface area contributed by atoms with Crippen LogP contribution in [-0.2, 0) is 0 Å². The second-order valence-corrected chi connectivity index (χ2v) is 6.04. The summed E-state index contributed by atoms with van der Waals surface area (Å²) in [5.74, 6) is 0. The summed E-state index contributed by atoms with van der Waals surface area (Å²) in [6, 6.07) is 7.09. The summed E-state index contributed by atoms with van der Waals surface area (Å²) in [7, 11) is 0. The van der Waals surface area contributed by atoms with Gasteiger partial charge >= 0.3 is 6.03 Å². The van der Waals surface area contributed by atoms with Crippen molar-refractivity contribution in [3.63, 3.8) is 0 Å². The summed E-state index contributed by atoms with van der Waals surface area (Å²) in [5.41, 5.74) is 0.657. The quantitative estimate of drug-likeness (QED) is 0.602. The Hall–Kier alpha value is -0.840. The van der Waals surface area contributed by atoms with Crippen LogP contribution in [0.5, 0.6) is 0 Å². The number of anilines is 2. The van der Waals surface area contributed by atoms with Crippen LogP contribution in [-0.4, -0.2) is 6.03 Å². The third kappa shape index (κ3) is 4.31. The molecule has 110 valence electrons. The summed E-state index contributed by atoms with van der Waals surface area (Å²) in [5, 5.41) is 6.70. The molecule has 0 heterocycles. The van der Waals surface area contributed by atoms with Crippen molar-refractivity contribution in [1.82, 2.24) is 0 Å². The van der Waals surface area contributed by atoms with Gasteiger partial charge in [0, 0.05) is 10.0 Å². The molecule has 8 heteroatoms. The van der Waals surface area contributed by atoms with Crippen LogP contribution in [0.15, 0.2) is 30.3 Å². The maximum Gasteiger partial charge on any atom is 0.323 e. The number of nitrogens with one attached hydrogen (secondary N) is 2. The van der Waals surface area contributed by atoms with Gasteiger partial charge in [0.25, 0.3) is 0 Å². The number of benzene rings is 2. The average Bonchev–Trinajstić information content (AvgIpc) is 2.37. The molecule has 0 aliphatic carbocycles. The molecule has 0 saturated carbocycles. The number of hydrogen-bond donors (Lipinski definition) is 2. The molecule has 21 heavy (non-hydrogen) atoms. The smallest absolute Gasteiger partial charge is 0.306 e. The maximum atomic E-state index is 11.9. The second-order valence-electron chi connectivity index (χ2n) is 3.95. The number of urea groups is 1. The van der Waals surface area contributed by atoms with Gasteiger partial charge < -0.3 is 10.6 Å². The molecule has 0 saturated heterocycles. The number of halogens is 5. The molecule has 2 aromatic rings. The minimum absolute atomic E-state index is 0.227. The summed E-state index contributed by atoms with van der Waals surface area (Å²) >= 11 is 29.5. The summed E-state index contributed by atoms with van der Waals surface area (Å²) in [6.45, 7) is 0. The molecule has 2 aromatic carbocycles. The number of carbonyl (C=O) groups is 1. The standard InChI is InChI=1S/C13H7Cl5N2O/c14-6-1-2-11(8(16)3-6)19-13(21)20-12-9(17)4-7(15)5-10(12)18/h1-5H,(H2,19,20,21). The lowest BCUT2D eigenvalue weighted by Crippen LogP contribution is -2.20. The van der Waals surface area contributed by atoms with Crippen LogP contribution >= 0.6 is 58.0 Å². The van der Waals surface area contributed by atoms with Gasteiger partial charge in [-0.2, -0.15) is 0 Å². The highest BCUT2D eigenvalue weighted by Crippen LogP contribution is 2.34. The Morgan fingerprint density at radius 1 is 0.762 bits per heavy atom. The van der Waals surface area contributed by atoms with E-state index in [1.165, 1.54) is 18.2 Å². The molecule has 0 unspecified atom stereocenters. The van der Waals surface area contributed by atoms with E-state index in [1.54, 1.807) is 12.1 Å². The Balaban J connectivity index is 2.16. The molecule has 0 atom stereocenters. The lowest BCUT2D eigenvalue weighted by Gasteiger charge is -2.12. The fourth-order valence-electron chi connectivity index (χ4n) is 1.52. The van der Waals surface area contributed by atoms with E-state index in [0.29, 0.717) is 20.8 Å². The monoisotopic (exact) mass is 382 g/mol. The van der Waals surface area contributed by atoms with Crippen molar-refractivity contribution in [2.24, 2.45) is 0 Å². The predicted octanol–water partition coefficient (Wildman–Crippen LogP) is 6.60. The number of amides is 2. The van der Waals surface area contributed by atoms with Gasteiger partial charge in [-0.15, -0.1) is 0 Å². The fourth-order valence-corrected chi connectivity index (χ4v) is 2.89. The minimum Gasteiger partial charge on any atom is -0.306 e. The Kier molecular flexibility index (Phi) is 5.47. The molecule has 0 fully saturated rings. The van der Waals surface area contributed by atoms with E-state index in [-0.39, 0.29) is 15.7 Å². The summed E-state index contributed by atoms with van der Waals surface area (Å²) in [6.07, 6.45) is 0. The molecular formula is C13H7Cl5N2O. The SMILES string of the molecule is O=C(Nc1ccc(Cl)cc1Cl)Nc1c(Cl)cc(Cl)cc1Cl. The lowest BCUT2D eigenvalue weighted by atomic mass is 10.3. The molecule has 2 N–H and O–H groups in total. The van der Waals surface area contributed by atoms with Gasteiger partial charge in [-0.05, 0) is 30.3 Å². The van der Waals surface area contributed by atoms with Gasteiger partial charge in [0.2, 0.25) is 0 Å². The van der Waals surface area contributed by atoms with Crippen molar-refractivity contribution in [2.75, 3.05) is 10.6 Å². The number of carbonyl (C=O) groups excluding carboxylic acids is 1. The van der Waals surface area contributed by atoms with E-state index in [1.807, 2.05) is 0 Å². The van der Waals surface area contributed by atoms with Gasteiger partial charge in [-0.3, -0.25) is 0 Å². The zero-order valence-corrected chi connectivity index (χ0v) is 14.0. The third-order valence-corrected chi connectivity index (χ3v) is 3.79. The first-order valence-electron chi connectivity index (χ1n) is 5.54. The van der Waals surface area contributed by atoms with Gasteiger partial charge in [0.1, 0.15) is 0 Å². The van der Waals surface area contributed by atoms with Crippen LogP contribution in [0.3, 0.4) is 0 Å². The van der Waals surface area contributed by atoms with Gasteiger partial charge in [-0.25, -0.2) is 4.79 Å². The van der Waals surface area contributed by atoms with Crippen LogP contribution in [0, 0.1) is 0 Å².